The van der Waals surface area contributed by atoms with Gasteiger partial charge in [-0.3, -0.25) is 0 Å². The normalized spacial score (nSPS) is 16.3. The lowest BCUT2D eigenvalue weighted by atomic mass is 9.99. The lowest BCUT2D eigenvalue weighted by Gasteiger charge is -2.17. The molecule has 0 spiro atoms. The minimum atomic E-state index is -0.495. The van der Waals surface area contributed by atoms with E-state index in [-0.39, 0.29) is 24.8 Å². The van der Waals surface area contributed by atoms with Crippen molar-refractivity contribution in [1.82, 2.24) is 10.1 Å². The van der Waals surface area contributed by atoms with Gasteiger partial charge in [-0.1, -0.05) is 33.9 Å². The maximum absolute atomic E-state index is 13.6. The Balaban J connectivity index is 0.00000176. The molecule has 5 nitrogen and oxygen atoms in total. The summed E-state index contributed by atoms with van der Waals surface area (Å²) in [7, 11) is 0. The lowest BCUT2D eigenvalue weighted by molar-refractivity contribution is 0.233. The summed E-state index contributed by atoms with van der Waals surface area (Å²) in [4.78, 5) is 4.27. The highest BCUT2D eigenvalue weighted by Crippen LogP contribution is 2.34. The van der Waals surface area contributed by atoms with Gasteiger partial charge < -0.3 is 15.0 Å². The van der Waals surface area contributed by atoms with Gasteiger partial charge in [-0.25, -0.2) is 4.39 Å². The molecule has 0 amide bonds. The van der Waals surface area contributed by atoms with Crippen LogP contribution in [0.1, 0.15) is 37.4 Å². The van der Waals surface area contributed by atoms with Gasteiger partial charge in [-0.05, 0) is 31.0 Å². The third kappa shape index (κ3) is 3.59. The molecule has 0 atom stereocenters. The second-order valence-corrected chi connectivity index (χ2v) is 6.15. The Morgan fingerprint density at radius 2 is 2.09 bits per heavy atom. The van der Waals surface area contributed by atoms with Crippen LogP contribution < -0.4 is 10.5 Å². The summed E-state index contributed by atoms with van der Waals surface area (Å²) < 4.78 is 24.8. The van der Waals surface area contributed by atoms with Crippen LogP contribution in [0.2, 0.25) is 0 Å². The molecule has 8 heteroatoms. The van der Waals surface area contributed by atoms with Crippen LogP contribution in [0.4, 0.5) is 4.39 Å². The summed E-state index contributed by atoms with van der Waals surface area (Å²) in [6, 6.07) is 4.57. The first-order valence-electron chi connectivity index (χ1n) is 6.77. The van der Waals surface area contributed by atoms with E-state index in [0.29, 0.717) is 16.2 Å². The molecule has 2 aromatic rings. The molecule has 120 valence electrons. The molecule has 1 fully saturated rings. The minimum Gasteiger partial charge on any atom is -0.481 e. The van der Waals surface area contributed by atoms with Crippen molar-refractivity contribution in [3.63, 3.8) is 0 Å². The van der Waals surface area contributed by atoms with Crippen molar-refractivity contribution in [1.29, 1.82) is 0 Å². The smallest absolute Gasteiger partial charge is 0.264 e. The molecule has 1 aliphatic rings. The zero-order valence-corrected chi connectivity index (χ0v) is 14.1. The molecule has 0 unspecified atom stereocenters. The fourth-order valence-electron chi connectivity index (χ4n) is 2.48. The Labute approximate surface area is 141 Å². The van der Waals surface area contributed by atoms with Crippen molar-refractivity contribution in [2.24, 2.45) is 5.73 Å². The number of nitrogens with zero attached hydrogens (tertiary/aromatic N) is 2. The van der Waals surface area contributed by atoms with Gasteiger partial charge in [0.15, 0.2) is 24.0 Å². The molecule has 0 aliphatic heterocycles. The average Bonchev–Trinajstić information content (AvgIpc) is 3.08. The molecule has 1 aliphatic carbocycles. The SMILES string of the molecule is Cl.NC1(c2noc(COc3ccc(Br)cc3F)n2)CCCC1. The maximum Gasteiger partial charge on any atom is 0.264 e. The zero-order valence-electron chi connectivity index (χ0n) is 11.7. The largest absolute Gasteiger partial charge is 0.481 e. The van der Waals surface area contributed by atoms with Crippen LogP contribution in [0.15, 0.2) is 27.2 Å². The fraction of sp³-hybridized carbons (Fsp3) is 0.429. The number of hydrogen-bond donors (Lipinski definition) is 1. The molecule has 0 saturated heterocycles. The Bertz CT molecular complexity index is 647. The van der Waals surface area contributed by atoms with Crippen LogP contribution in [0, 0.1) is 5.82 Å². The molecule has 22 heavy (non-hydrogen) atoms. The zero-order chi connectivity index (χ0) is 14.9. The first-order chi connectivity index (χ1) is 10.1. The second kappa shape index (κ2) is 6.93. The lowest BCUT2D eigenvalue weighted by Crippen LogP contribution is -2.34. The number of nitrogens with two attached hydrogens (primary N) is 1. The molecular weight excluding hydrogens is 377 g/mol. The third-order valence-corrected chi connectivity index (χ3v) is 4.15. The van der Waals surface area contributed by atoms with Crippen LogP contribution >= 0.6 is 28.3 Å². The maximum atomic E-state index is 13.6. The molecule has 1 saturated carbocycles. The minimum absolute atomic E-state index is 0. The fourth-order valence-corrected chi connectivity index (χ4v) is 2.81. The second-order valence-electron chi connectivity index (χ2n) is 5.24. The molecule has 2 N–H and O–H groups in total. The van der Waals surface area contributed by atoms with Crippen molar-refractivity contribution in [2.45, 2.75) is 37.8 Å². The predicted molar refractivity (Wildman–Crippen MR) is 84.3 cm³/mol. The van der Waals surface area contributed by atoms with Gasteiger partial charge in [0.05, 0.1) is 5.54 Å². The molecular formula is C14H16BrClFN3O2. The molecule has 1 aromatic carbocycles. The van der Waals surface area contributed by atoms with E-state index >= 15 is 0 Å². The number of hydrogen-bond acceptors (Lipinski definition) is 5. The van der Waals surface area contributed by atoms with Gasteiger partial charge >= 0.3 is 0 Å². The first kappa shape index (κ1) is 17.2. The summed E-state index contributed by atoms with van der Waals surface area (Å²) in [6.07, 6.45) is 3.85. The number of rotatable bonds is 4. The van der Waals surface area contributed by atoms with Gasteiger partial charge in [0.2, 0.25) is 0 Å². The highest BCUT2D eigenvalue weighted by atomic mass is 79.9. The van der Waals surface area contributed by atoms with Crippen molar-refractivity contribution in [3.05, 3.63) is 40.2 Å². The number of halogens is 3. The van der Waals surface area contributed by atoms with Crippen molar-refractivity contribution < 1.29 is 13.7 Å². The van der Waals surface area contributed by atoms with Gasteiger partial charge in [0.25, 0.3) is 5.89 Å². The van der Waals surface area contributed by atoms with Crippen molar-refractivity contribution >= 4 is 28.3 Å². The topological polar surface area (TPSA) is 74.2 Å². The highest BCUT2D eigenvalue weighted by molar-refractivity contribution is 9.10. The molecule has 0 bridgehead atoms. The average molecular weight is 393 g/mol. The van der Waals surface area contributed by atoms with Gasteiger partial charge in [0.1, 0.15) is 0 Å². The monoisotopic (exact) mass is 391 g/mol. The Morgan fingerprint density at radius 1 is 1.36 bits per heavy atom. The molecule has 1 heterocycles. The van der Waals surface area contributed by atoms with Crippen LogP contribution in [-0.4, -0.2) is 10.1 Å². The number of aromatic nitrogens is 2. The van der Waals surface area contributed by atoms with E-state index in [9.17, 15) is 4.39 Å². The van der Waals surface area contributed by atoms with E-state index in [1.54, 1.807) is 6.07 Å². The van der Waals surface area contributed by atoms with Crippen LogP contribution in [0.3, 0.4) is 0 Å². The van der Waals surface area contributed by atoms with E-state index in [1.165, 1.54) is 12.1 Å². The van der Waals surface area contributed by atoms with Crippen LogP contribution in [0.25, 0.3) is 0 Å². The van der Waals surface area contributed by atoms with E-state index in [2.05, 4.69) is 26.1 Å². The van der Waals surface area contributed by atoms with Crippen LogP contribution in [-0.2, 0) is 12.1 Å². The van der Waals surface area contributed by atoms with Crippen molar-refractivity contribution in [3.8, 4) is 5.75 Å². The van der Waals surface area contributed by atoms with Crippen LogP contribution in [0.5, 0.6) is 5.75 Å². The third-order valence-electron chi connectivity index (χ3n) is 3.65. The Hall–Kier alpha value is -1.18. The molecule has 0 radical (unpaired) electrons. The van der Waals surface area contributed by atoms with Crippen molar-refractivity contribution in [2.75, 3.05) is 0 Å². The molecule has 1 aromatic heterocycles. The van der Waals surface area contributed by atoms with E-state index < -0.39 is 11.4 Å². The number of benzene rings is 1. The first-order valence-corrected chi connectivity index (χ1v) is 7.56. The Morgan fingerprint density at radius 3 is 2.77 bits per heavy atom. The summed E-state index contributed by atoms with van der Waals surface area (Å²) in [5.74, 6) is 0.496. The van der Waals surface area contributed by atoms with E-state index in [0.717, 1.165) is 25.7 Å². The van der Waals surface area contributed by atoms with Gasteiger partial charge in [-0.2, -0.15) is 4.98 Å². The van der Waals surface area contributed by atoms with E-state index in [4.69, 9.17) is 15.0 Å². The summed E-state index contributed by atoms with van der Waals surface area (Å²) in [6.45, 7) is 0.0155. The van der Waals surface area contributed by atoms with E-state index in [1.807, 2.05) is 0 Å². The number of ether oxygens (including phenoxy) is 1. The quantitative estimate of drug-likeness (QED) is 0.859. The Kier molecular flexibility index (Phi) is 5.41. The standard InChI is InChI=1S/C14H15BrFN3O2.ClH/c15-9-3-4-11(10(16)7-9)20-8-12-18-13(19-21-12)14(17)5-1-2-6-14;/h3-4,7H,1-2,5-6,8,17H2;1H. The van der Waals surface area contributed by atoms with Gasteiger partial charge in [0, 0.05) is 4.47 Å². The summed E-state index contributed by atoms with van der Waals surface area (Å²) in [5, 5.41) is 3.93. The predicted octanol–water partition coefficient (Wildman–Crippen LogP) is 3.70. The van der Waals surface area contributed by atoms with Gasteiger partial charge in [-0.15, -0.1) is 12.4 Å². The highest BCUT2D eigenvalue weighted by Gasteiger charge is 2.35. The molecule has 3 rings (SSSR count). The summed E-state index contributed by atoms with van der Waals surface area (Å²) in [5.41, 5.74) is 5.76. The summed E-state index contributed by atoms with van der Waals surface area (Å²) >= 11 is 3.19.